The lowest BCUT2D eigenvalue weighted by Gasteiger charge is -2.10. The summed E-state index contributed by atoms with van der Waals surface area (Å²) in [6.45, 7) is 1.88. The van der Waals surface area contributed by atoms with Gasteiger partial charge in [0.05, 0.1) is 24.3 Å². The zero-order valence-corrected chi connectivity index (χ0v) is 16.5. The molecule has 1 heterocycles. The van der Waals surface area contributed by atoms with Gasteiger partial charge in [0.1, 0.15) is 11.5 Å². The van der Waals surface area contributed by atoms with Gasteiger partial charge in [-0.2, -0.15) is 5.26 Å². The summed E-state index contributed by atoms with van der Waals surface area (Å²) >= 11 is 0. The minimum Gasteiger partial charge on any atom is -0.507 e. The number of aromatic hydroxyl groups is 1. The van der Waals surface area contributed by atoms with E-state index in [0.717, 1.165) is 11.1 Å². The van der Waals surface area contributed by atoms with Crippen LogP contribution in [0.3, 0.4) is 0 Å². The Kier molecular flexibility index (Phi) is 5.10. The number of rotatable bonds is 4. The number of ether oxygens (including phenoxy) is 1. The van der Waals surface area contributed by atoms with Crippen LogP contribution in [0.1, 0.15) is 11.1 Å². The van der Waals surface area contributed by atoms with Crippen LogP contribution in [0, 0.1) is 18.3 Å². The first-order chi connectivity index (χ1) is 14.6. The largest absolute Gasteiger partial charge is 0.507 e. The Hall–Kier alpha value is -4.24. The number of hydrogen-bond acceptors (Lipinski definition) is 6. The van der Waals surface area contributed by atoms with Gasteiger partial charge in [0.15, 0.2) is 17.5 Å². The van der Waals surface area contributed by atoms with Crippen molar-refractivity contribution in [1.29, 1.82) is 5.26 Å². The molecule has 0 unspecified atom stereocenters. The standard InChI is InChI=1S/C24H18N4O2/c1-15-8-9-17(12-18(15)14-25)23-26-22(16-6-4-3-5-7-16)27-24(28-23)20-11-10-19(30-2)13-21(20)29/h3-13,29H,1-2H3. The van der Waals surface area contributed by atoms with Crippen LogP contribution in [0.4, 0.5) is 0 Å². The number of methoxy groups -OCH3 is 1. The molecule has 0 amide bonds. The molecule has 4 aromatic rings. The van der Waals surface area contributed by atoms with Crippen LogP contribution in [-0.2, 0) is 0 Å². The number of phenols is 1. The lowest BCUT2D eigenvalue weighted by atomic mass is 10.1. The third kappa shape index (κ3) is 3.69. The van der Waals surface area contributed by atoms with E-state index in [2.05, 4.69) is 21.0 Å². The van der Waals surface area contributed by atoms with E-state index in [1.54, 1.807) is 18.2 Å². The highest BCUT2D eigenvalue weighted by Crippen LogP contribution is 2.32. The van der Waals surface area contributed by atoms with Gasteiger partial charge in [0, 0.05) is 17.2 Å². The maximum atomic E-state index is 10.5. The minimum absolute atomic E-state index is 0.00660. The molecule has 0 atom stereocenters. The molecule has 4 rings (SSSR count). The molecule has 0 saturated carbocycles. The average Bonchev–Trinajstić information content (AvgIpc) is 2.79. The molecule has 0 aliphatic heterocycles. The maximum Gasteiger partial charge on any atom is 0.167 e. The molecule has 1 aromatic heterocycles. The van der Waals surface area contributed by atoms with Gasteiger partial charge < -0.3 is 9.84 Å². The molecule has 0 fully saturated rings. The van der Waals surface area contributed by atoms with Crippen molar-refractivity contribution in [2.24, 2.45) is 0 Å². The van der Waals surface area contributed by atoms with Crippen molar-refractivity contribution < 1.29 is 9.84 Å². The molecule has 6 nitrogen and oxygen atoms in total. The highest BCUT2D eigenvalue weighted by Gasteiger charge is 2.15. The normalized spacial score (nSPS) is 10.4. The predicted molar refractivity (Wildman–Crippen MR) is 114 cm³/mol. The van der Waals surface area contributed by atoms with Crippen LogP contribution in [0.15, 0.2) is 66.7 Å². The lowest BCUT2D eigenvalue weighted by molar-refractivity contribution is 0.408. The summed E-state index contributed by atoms with van der Waals surface area (Å²) in [6, 6.07) is 22.2. The molecule has 0 radical (unpaired) electrons. The summed E-state index contributed by atoms with van der Waals surface area (Å²) in [5, 5.41) is 19.9. The molecule has 0 aliphatic carbocycles. The first-order valence-corrected chi connectivity index (χ1v) is 9.29. The molecule has 0 spiro atoms. The third-order valence-corrected chi connectivity index (χ3v) is 4.73. The van der Waals surface area contributed by atoms with Crippen molar-refractivity contribution in [2.45, 2.75) is 6.92 Å². The molecular formula is C24H18N4O2. The summed E-state index contributed by atoms with van der Waals surface area (Å²) in [5.74, 6) is 1.77. The second-order valence-corrected chi connectivity index (χ2v) is 6.70. The Bertz CT molecular complexity index is 1260. The van der Waals surface area contributed by atoms with Crippen molar-refractivity contribution in [2.75, 3.05) is 7.11 Å². The van der Waals surface area contributed by atoms with E-state index in [9.17, 15) is 10.4 Å². The first kappa shape index (κ1) is 19.1. The number of hydrogen-bond donors (Lipinski definition) is 1. The highest BCUT2D eigenvalue weighted by atomic mass is 16.5. The average molecular weight is 394 g/mol. The van der Waals surface area contributed by atoms with Gasteiger partial charge in [-0.05, 0) is 30.7 Å². The molecular weight excluding hydrogens is 376 g/mol. The van der Waals surface area contributed by atoms with Crippen LogP contribution in [-0.4, -0.2) is 27.2 Å². The van der Waals surface area contributed by atoms with Crippen molar-refractivity contribution in [3.63, 3.8) is 0 Å². The molecule has 146 valence electrons. The second kappa shape index (κ2) is 8.02. The molecule has 1 N–H and O–H groups in total. The maximum absolute atomic E-state index is 10.5. The van der Waals surface area contributed by atoms with Gasteiger partial charge in [-0.25, -0.2) is 15.0 Å². The third-order valence-electron chi connectivity index (χ3n) is 4.73. The number of nitriles is 1. The molecule has 3 aromatic carbocycles. The van der Waals surface area contributed by atoms with Crippen molar-refractivity contribution in [3.8, 4) is 51.7 Å². The summed E-state index contributed by atoms with van der Waals surface area (Å²) in [6.07, 6.45) is 0. The zero-order chi connectivity index (χ0) is 21.1. The molecule has 0 saturated heterocycles. The second-order valence-electron chi connectivity index (χ2n) is 6.70. The van der Waals surface area contributed by atoms with Crippen LogP contribution in [0.2, 0.25) is 0 Å². The SMILES string of the molecule is COc1ccc(-c2nc(-c3ccccc3)nc(-c3ccc(C)c(C#N)c3)n2)c(O)c1. The Balaban J connectivity index is 1.93. The topological polar surface area (TPSA) is 91.9 Å². The number of phenolic OH excluding ortho intramolecular Hbond substituents is 1. The summed E-state index contributed by atoms with van der Waals surface area (Å²) in [4.78, 5) is 13.8. The van der Waals surface area contributed by atoms with E-state index >= 15 is 0 Å². The first-order valence-electron chi connectivity index (χ1n) is 9.29. The van der Waals surface area contributed by atoms with Gasteiger partial charge in [-0.3, -0.25) is 0 Å². The summed E-state index contributed by atoms with van der Waals surface area (Å²) in [5.41, 5.74) is 3.42. The lowest BCUT2D eigenvalue weighted by Crippen LogP contribution is -2.01. The Morgan fingerprint density at radius 2 is 1.53 bits per heavy atom. The van der Waals surface area contributed by atoms with E-state index < -0.39 is 0 Å². The predicted octanol–water partition coefficient (Wildman–Crippen LogP) is 4.77. The fourth-order valence-corrected chi connectivity index (χ4v) is 3.05. The molecule has 0 bridgehead atoms. The molecule has 30 heavy (non-hydrogen) atoms. The zero-order valence-electron chi connectivity index (χ0n) is 16.5. The van der Waals surface area contributed by atoms with Gasteiger partial charge in [-0.15, -0.1) is 0 Å². The summed E-state index contributed by atoms with van der Waals surface area (Å²) in [7, 11) is 1.53. The van der Waals surface area contributed by atoms with E-state index in [1.165, 1.54) is 13.2 Å². The Labute approximate surface area is 174 Å². The summed E-state index contributed by atoms with van der Waals surface area (Å²) < 4.78 is 5.16. The van der Waals surface area contributed by atoms with E-state index in [4.69, 9.17) is 4.74 Å². The van der Waals surface area contributed by atoms with Gasteiger partial charge in [0.25, 0.3) is 0 Å². The van der Waals surface area contributed by atoms with Gasteiger partial charge in [0.2, 0.25) is 0 Å². The Morgan fingerprint density at radius 1 is 0.833 bits per heavy atom. The van der Waals surface area contributed by atoms with Crippen molar-refractivity contribution >= 4 is 0 Å². The van der Waals surface area contributed by atoms with E-state index in [1.807, 2.05) is 49.4 Å². The number of nitrogens with zero attached hydrogens (tertiary/aromatic N) is 4. The van der Waals surface area contributed by atoms with E-state index in [0.29, 0.717) is 39.9 Å². The number of aryl methyl sites for hydroxylation is 1. The monoisotopic (exact) mass is 394 g/mol. The molecule has 0 aliphatic rings. The fourth-order valence-electron chi connectivity index (χ4n) is 3.05. The fraction of sp³-hybridized carbons (Fsp3) is 0.0833. The quantitative estimate of drug-likeness (QED) is 0.536. The van der Waals surface area contributed by atoms with Gasteiger partial charge in [-0.1, -0.05) is 42.5 Å². The van der Waals surface area contributed by atoms with Gasteiger partial charge >= 0.3 is 0 Å². The van der Waals surface area contributed by atoms with Crippen LogP contribution < -0.4 is 4.74 Å². The Morgan fingerprint density at radius 3 is 2.20 bits per heavy atom. The van der Waals surface area contributed by atoms with Crippen LogP contribution in [0.5, 0.6) is 11.5 Å². The number of benzene rings is 3. The van der Waals surface area contributed by atoms with Crippen LogP contribution >= 0.6 is 0 Å². The van der Waals surface area contributed by atoms with Crippen molar-refractivity contribution in [3.05, 3.63) is 77.9 Å². The highest BCUT2D eigenvalue weighted by molar-refractivity contribution is 5.71. The minimum atomic E-state index is 0.00660. The smallest absolute Gasteiger partial charge is 0.167 e. The number of aromatic nitrogens is 3. The van der Waals surface area contributed by atoms with Crippen LogP contribution in [0.25, 0.3) is 34.2 Å². The van der Waals surface area contributed by atoms with E-state index in [-0.39, 0.29) is 5.75 Å². The van der Waals surface area contributed by atoms with Crippen molar-refractivity contribution in [1.82, 2.24) is 15.0 Å². The molecule has 6 heteroatoms.